The van der Waals surface area contributed by atoms with Gasteiger partial charge < -0.3 is 5.32 Å². The van der Waals surface area contributed by atoms with Crippen LogP contribution in [0.3, 0.4) is 0 Å². The summed E-state index contributed by atoms with van der Waals surface area (Å²) < 4.78 is 0. The number of fused-ring (bicyclic) bond motifs is 1. The van der Waals surface area contributed by atoms with Crippen LogP contribution in [-0.2, 0) is 0 Å². The average molecular weight is 205 g/mol. The third kappa shape index (κ3) is 1.47. The summed E-state index contributed by atoms with van der Waals surface area (Å²) in [7, 11) is 0. The average Bonchev–Trinajstić information content (AvgIpc) is 2.20. The van der Waals surface area contributed by atoms with Crippen molar-refractivity contribution in [3.8, 4) is 6.07 Å². The van der Waals surface area contributed by atoms with Crippen molar-refractivity contribution in [1.82, 2.24) is 0 Å². The van der Waals surface area contributed by atoms with Gasteiger partial charge in [-0.1, -0.05) is 23.7 Å². The van der Waals surface area contributed by atoms with Crippen LogP contribution in [0.2, 0.25) is 5.02 Å². The highest BCUT2D eigenvalue weighted by Gasteiger charge is 2.15. The molecule has 1 aromatic rings. The number of rotatable bonds is 0. The molecule has 0 saturated carbocycles. The number of nitrogens with one attached hydrogen (secondary N) is 1. The van der Waals surface area contributed by atoms with Crippen molar-refractivity contribution < 1.29 is 0 Å². The van der Waals surface area contributed by atoms with Crippen LogP contribution in [0.5, 0.6) is 0 Å². The van der Waals surface area contributed by atoms with E-state index in [0.717, 1.165) is 29.8 Å². The van der Waals surface area contributed by atoms with E-state index < -0.39 is 0 Å². The van der Waals surface area contributed by atoms with Gasteiger partial charge >= 0.3 is 0 Å². The lowest BCUT2D eigenvalue weighted by Gasteiger charge is -2.21. The van der Waals surface area contributed by atoms with Gasteiger partial charge in [0.1, 0.15) is 0 Å². The molecule has 0 spiro atoms. The fourth-order valence-corrected chi connectivity index (χ4v) is 1.90. The molecule has 0 aliphatic carbocycles. The first kappa shape index (κ1) is 9.11. The minimum Gasteiger partial charge on any atom is -0.383 e. The molecule has 1 aromatic carbocycles. The number of allylic oxidation sites excluding steroid dienone is 1. The number of anilines is 1. The van der Waals surface area contributed by atoms with Crippen molar-refractivity contribution in [3.63, 3.8) is 0 Å². The van der Waals surface area contributed by atoms with Crippen LogP contribution in [0.25, 0.3) is 5.57 Å². The standard InChI is InChI=1S/C11H9ClN2/c12-10-3-1-2-9-8(4-6-13)5-7-14-11(9)10/h1-4,14H,5,7H2/b8-4+. The van der Waals surface area contributed by atoms with Crippen LogP contribution in [0.4, 0.5) is 5.69 Å². The lowest BCUT2D eigenvalue weighted by molar-refractivity contribution is 1.05. The van der Waals surface area contributed by atoms with E-state index in [2.05, 4.69) is 11.4 Å². The summed E-state index contributed by atoms with van der Waals surface area (Å²) in [6, 6.07) is 7.80. The Morgan fingerprint density at radius 1 is 1.50 bits per heavy atom. The molecule has 0 amide bonds. The molecule has 0 bridgehead atoms. The summed E-state index contributed by atoms with van der Waals surface area (Å²) >= 11 is 6.04. The molecule has 0 radical (unpaired) electrons. The number of para-hydroxylation sites is 1. The fraction of sp³-hybridized carbons (Fsp3) is 0.182. The second kappa shape index (κ2) is 3.73. The molecule has 1 N–H and O–H groups in total. The number of nitriles is 1. The maximum absolute atomic E-state index is 8.63. The van der Waals surface area contributed by atoms with Crippen molar-refractivity contribution in [2.75, 3.05) is 11.9 Å². The molecular weight excluding hydrogens is 196 g/mol. The van der Waals surface area contributed by atoms with Gasteiger partial charge in [0, 0.05) is 18.2 Å². The van der Waals surface area contributed by atoms with E-state index in [1.165, 1.54) is 0 Å². The van der Waals surface area contributed by atoms with Gasteiger partial charge in [-0.25, -0.2) is 0 Å². The normalized spacial score (nSPS) is 17.0. The van der Waals surface area contributed by atoms with E-state index in [1.807, 2.05) is 18.2 Å². The Hall–Kier alpha value is -1.46. The molecule has 2 rings (SSSR count). The second-order valence-corrected chi connectivity index (χ2v) is 3.55. The highest BCUT2D eigenvalue weighted by atomic mass is 35.5. The third-order valence-corrected chi connectivity index (χ3v) is 2.61. The minimum atomic E-state index is 0.714. The summed E-state index contributed by atoms with van der Waals surface area (Å²) in [6.45, 7) is 0.838. The molecule has 3 heteroatoms. The van der Waals surface area contributed by atoms with E-state index in [4.69, 9.17) is 16.9 Å². The predicted molar refractivity (Wildman–Crippen MR) is 58.1 cm³/mol. The van der Waals surface area contributed by atoms with E-state index in [0.29, 0.717) is 5.02 Å². The molecule has 0 aromatic heterocycles. The maximum atomic E-state index is 8.63. The molecule has 0 unspecified atom stereocenters. The predicted octanol–water partition coefficient (Wildman–Crippen LogP) is 3.06. The Balaban J connectivity index is 2.57. The fourth-order valence-electron chi connectivity index (χ4n) is 1.66. The van der Waals surface area contributed by atoms with Gasteiger partial charge in [0.15, 0.2) is 0 Å². The third-order valence-electron chi connectivity index (χ3n) is 2.29. The zero-order valence-electron chi connectivity index (χ0n) is 7.55. The van der Waals surface area contributed by atoms with Crippen molar-refractivity contribution in [1.29, 1.82) is 5.26 Å². The summed E-state index contributed by atoms with van der Waals surface area (Å²) in [5, 5.41) is 12.6. The van der Waals surface area contributed by atoms with Gasteiger partial charge in [0.05, 0.1) is 16.8 Å². The Morgan fingerprint density at radius 3 is 3.14 bits per heavy atom. The first-order valence-electron chi connectivity index (χ1n) is 4.44. The minimum absolute atomic E-state index is 0.714. The van der Waals surface area contributed by atoms with Crippen molar-refractivity contribution >= 4 is 22.9 Å². The van der Waals surface area contributed by atoms with Gasteiger partial charge in [-0.05, 0) is 18.1 Å². The summed E-state index contributed by atoms with van der Waals surface area (Å²) in [4.78, 5) is 0. The topological polar surface area (TPSA) is 35.8 Å². The first-order valence-corrected chi connectivity index (χ1v) is 4.82. The summed E-state index contributed by atoms with van der Waals surface area (Å²) in [5.41, 5.74) is 3.05. The Kier molecular flexibility index (Phi) is 2.43. The number of hydrogen-bond donors (Lipinski definition) is 1. The monoisotopic (exact) mass is 204 g/mol. The molecule has 2 nitrogen and oxygen atoms in total. The van der Waals surface area contributed by atoms with Crippen LogP contribution in [0.1, 0.15) is 12.0 Å². The quantitative estimate of drug-likeness (QED) is 0.660. The zero-order chi connectivity index (χ0) is 9.97. The van der Waals surface area contributed by atoms with Crippen molar-refractivity contribution in [2.45, 2.75) is 6.42 Å². The molecule has 0 atom stereocenters. The Labute approximate surface area is 87.8 Å². The van der Waals surface area contributed by atoms with Crippen LogP contribution in [0.15, 0.2) is 24.3 Å². The van der Waals surface area contributed by atoms with E-state index in [1.54, 1.807) is 6.08 Å². The molecule has 1 aliphatic rings. The SMILES string of the molecule is N#C/C=C1\CCNc2c(Cl)cccc21. The largest absolute Gasteiger partial charge is 0.383 e. The van der Waals surface area contributed by atoms with Gasteiger partial charge in [0.25, 0.3) is 0 Å². The molecule has 1 aliphatic heterocycles. The Bertz CT molecular complexity index is 429. The van der Waals surface area contributed by atoms with E-state index in [-0.39, 0.29) is 0 Å². The second-order valence-electron chi connectivity index (χ2n) is 3.14. The van der Waals surface area contributed by atoms with Gasteiger partial charge in [-0.15, -0.1) is 0 Å². The number of hydrogen-bond acceptors (Lipinski definition) is 2. The lowest BCUT2D eigenvalue weighted by Crippen LogP contribution is -2.11. The smallest absolute Gasteiger partial charge is 0.0915 e. The van der Waals surface area contributed by atoms with Crippen molar-refractivity contribution in [3.05, 3.63) is 34.9 Å². The summed E-state index contributed by atoms with van der Waals surface area (Å²) in [5.74, 6) is 0. The zero-order valence-corrected chi connectivity index (χ0v) is 8.30. The molecule has 0 fully saturated rings. The van der Waals surface area contributed by atoms with Gasteiger partial charge in [-0.3, -0.25) is 0 Å². The van der Waals surface area contributed by atoms with Crippen LogP contribution in [-0.4, -0.2) is 6.54 Å². The molecule has 14 heavy (non-hydrogen) atoms. The van der Waals surface area contributed by atoms with E-state index >= 15 is 0 Å². The van der Waals surface area contributed by atoms with Crippen LogP contribution < -0.4 is 5.32 Å². The van der Waals surface area contributed by atoms with Gasteiger partial charge in [-0.2, -0.15) is 5.26 Å². The molecule has 0 saturated heterocycles. The Morgan fingerprint density at radius 2 is 2.36 bits per heavy atom. The highest BCUT2D eigenvalue weighted by Crippen LogP contribution is 2.35. The van der Waals surface area contributed by atoms with E-state index in [9.17, 15) is 0 Å². The lowest BCUT2D eigenvalue weighted by atomic mass is 9.97. The van der Waals surface area contributed by atoms with Crippen LogP contribution >= 0.6 is 11.6 Å². The number of benzene rings is 1. The molecule has 70 valence electrons. The maximum Gasteiger partial charge on any atom is 0.0915 e. The number of nitrogens with zero attached hydrogens (tertiary/aromatic N) is 1. The molecular formula is C11H9ClN2. The van der Waals surface area contributed by atoms with Crippen LogP contribution in [0, 0.1) is 11.3 Å². The van der Waals surface area contributed by atoms with Gasteiger partial charge in [0.2, 0.25) is 0 Å². The van der Waals surface area contributed by atoms with Crippen molar-refractivity contribution in [2.24, 2.45) is 0 Å². The summed E-state index contributed by atoms with van der Waals surface area (Å²) in [6.07, 6.45) is 2.47. The highest BCUT2D eigenvalue weighted by molar-refractivity contribution is 6.33. The number of halogens is 1. The first-order chi connectivity index (χ1) is 6.83. The molecule has 1 heterocycles.